The molecule has 8 heteroatoms. The molecule has 0 aromatic carbocycles. The Kier molecular flexibility index (Phi) is 3.66. The summed E-state index contributed by atoms with van der Waals surface area (Å²) in [7, 11) is 3.20. The number of anilines is 1. The quantitative estimate of drug-likeness (QED) is 0.839. The zero-order valence-electron chi connectivity index (χ0n) is 13.3. The van der Waals surface area contributed by atoms with Crippen LogP contribution in [-0.2, 0) is 9.47 Å². The summed E-state index contributed by atoms with van der Waals surface area (Å²) in [6.07, 6.45) is 2.16. The van der Waals surface area contributed by atoms with Gasteiger partial charge >= 0.3 is 0 Å². The molecule has 7 nitrogen and oxygen atoms in total. The van der Waals surface area contributed by atoms with E-state index in [1.54, 1.807) is 14.2 Å². The van der Waals surface area contributed by atoms with Crippen molar-refractivity contribution in [3.05, 3.63) is 33.9 Å². The Morgan fingerprint density at radius 2 is 1.91 bits per heavy atom. The number of hydrogen-bond acceptors (Lipinski definition) is 7. The SMILES string of the molecule is COC1=C(C)N(C#N)C(C)=C(OC)C1c1cc2[nH]nc(N)c2s1. The van der Waals surface area contributed by atoms with Gasteiger partial charge in [-0.2, -0.15) is 10.4 Å². The topological polar surface area (TPSA) is 100 Å². The maximum absolute atomic E-state index is 9.40. The number of methoxy groups -OCH3 is 2. The van der Waals surface area contributed by atoms with Crippen LogP contribution in [0.1, 0.15) is 24.6 Å². The lowest BCUT2D eigenvalue weighted by Gasteiger charge is -2.32. The highest BCUT2D eigenvalue weighted by Crippen LogP contribution is 2.45. The Balaban J connectivity index is 2.21. The second-order valence-electron chi connectivity index (χ2n) is 5.18. The Labute approximate surface area is 137 Å². The van der Waals surface area contributed by atoms with Crippen LogP contribution < -0.4 is 5.73 Å². The molecular weight excluding hydrogens is 314 g/mol. The average molecular weight is 331 g/mol. The molecule has 120 valence electrons. The van der Waals surface area contributed by atoms with Crippen molar-refractivity contribution in [3.8, 4) is 6.19 Å². The molecule has 0 saturated heterocycles. The van der Waals surface area contributed by atoms with Crippen molar-refractivity contribution in [2.75, 3.05) is 20.0 Å². The van der Waals surface area contributed by atoms with Gasteiger partial charge in [0.25, 0.3) is 0 Å². The number of nitrogens with one attached hydrogen (secondary N) is 1. The minimum Gasteiger partial charge on any atom is -0.498 e. The largest absolute Gasteiger partial charge is 0.498 e. The predicted octanol–water partition coefficient (Wildman–Crippen LogP) is 2.84. The van der Waals surface area contributed by atoms with Gasteiger partial charge in [0.05, 0.1) is 35.8 Å². The molecule has 0 amide bonds. The number of allylic oxidation sites excluding steroid dienone is 2. The summed E-state index contributed by atoms with van der Waals surface area (Å²) in [5.74, 6) is 1.64. The molecule has 0 radical (unpaired) electrons. The Morgan fingerprint density at radius 1 is 1.30 bits per heavy atom. The van der Waals surface area contributed by atoms with E-state index >= 15 is 0 Å². The second kappa shape index (κ2) is 5.52. The van der Waals surface area contributed by atoms with E-state index in [-0.39, 0.29) is 5.92 Å². The fraction of sp³-hybridized carbons (Fsp3) is 0.333. The third kappa shape index (κ3) is 2.12. The van der Waals surface area contributed by atoms with Gasteiger partial charge in [-0.3, -0.25) is 5.10 Å². The first-order valence-corrected chi connectivity index (χ1v) is 7.77. The number of aromatic amines is 1. The third-order valence-corrected chi connectivity index (χ3v) is 5.24. The van der Waals surface area contributed by atoms with Gasteiger partial charge in [-0.25, -0.2) is 4.90 Å². The van der Waals surface area contributed by atoms with Gasteiger partial charge < -0.3 is 15.2 Å². The smallest absolute Gasteiger partial charge is 0.188 e. The van der Waals surface area contributed by atoms with Crippen molar-refractivity contribution in [2.45, 2.75) is 19.8 Å². The molecule has 0 spiro atoms. The fourth-order valence-corrected chi connectivity index (χ4v) is 4.05. The van der Waals surface area contributed by atoms with Crippen LogP contribution in [0, 0.1) is 11.5 Å². The monoisotopic (exact) mass is 331 g/mol. The van der Waals surface area contributed by atoms with Gasteiger partial charge in [0, 0.05) is 4.88 Å². The highest BCUT2D eigenvalue weighted by atomic mass is 32.1. The highest BCUT2D eigenvalue weighted by molar-refractivity contribution is 7.19. The normalized spacial score (nSPS) is 16.2. The molecule has 2 aromatic heterocycles. The van der Waals surface area contributed by atoms with Crippen LogP contribution >= 0.6 is 11.3 Å². The van der Waals surface area contributed by atoms with Crippen LogP contribution in [0.5, 0.6) is 0 Å². The van der Waals surface area contributed by atoms with E-state index in [0.717, 1.165) is 26.5 Å². The van der Waals surface area contributed by atoms with E-state index in [9.17, 15) is 5.26 Å². The molecule has 0 bridgehead atoms. The number of aromatic nitrogens is 2. The van der Waals surface area contributed by atoms with Crippen LogP contribution in [0.15, 0.2) is 29.0 Å². The summed E-state index contributed by atoms with van der Waals surface area (Å²) in [5.41, 5.74) is 8.27. The number of thiophene rings is 1. The van der Waals surface area contributed by atoms with E-state index < -0.39 is 0 Å². The molecule has 2 aromatic rings. The zero-order valence-corrected chi connectivity index (χ0v) is 14.1. The summed E-state index contributed by atoms with van der Waals surface area (Å²) in [4.78, 5) is 2.54. The van der Waals surface area contributed by atoms with Crippen molar-refractivity contribution >= 4 is 27.4 Å². The number of nitrogen functional groups attached to an aromatic ring is 1. The Bertz CT molecular complexity index is 842. The standard InChI is InChI=1S/C15H17N5O2S/c1-7-12(21-3)11(13(22-4)8(2)20(7)6-16)10-5-9-14(23-10)15(17)19-18-9/h5,11H,1-4H3,(H3,17,18,19). The average Bonchev–Trinajstić information content (AvgIpc) is 3.09. The number of hydrogen-bond donors (Lipinski definition) is 2. The van der Waals surface area contributed by atoms with E-state index in [0.29, 0.717) is 17.3 Å². The summed E-state index contributed by atoms with van der Waals surface area (Å²) >= 11 is 1.54. The van der Waals surface area contributed by atoms with Gasteiger partial charge in [0.15, 0.2) is 12.0 Å². The van der Waals surface area contributed by atoms with Gasteiger partial charge in [-0.05, 0) is 19.9 Å². The van der Waals surface area contributed by atoms with E-state index in [1.807, 2.05) is 19.9 Å². The van der Waals surface area contributed by atoms with E-state index in [1.165, 1.54) is 16.2 Å². The minimum atomic E-state index is -0.209. The van der Waals surface area contributed by atoms with Crippen LogP contribution in [-0.4, -0.2) is 29.3 Å². The van der Waals surface area contributed by atoms with Gasteiger partial charge in [0.1, 0.15) is 17.4 Å². The summed E-state index contributed by atoms with van der Waals surface area (Å²) in [6.45, 7) is 3.72. The molecule has 0 atom stereocenters. The third-order valence-electron chi connectivity index (χ3n) is 4.01. The van der Waals surface area contributed by atoms with Crippen LogP contribution in [0.2, 0.25) is 0 Å². The number of ether oxygens (including phenoxy) is 2. The maximum Gasteiger partial charge on any atom is 0.188 e. The predicted molar refractivity (Wildman–Crippen MR) is 88.0 cm³/mol. The molecular formula is C15H17N5O2S. The molecule has 3 N–H and O–H groups in total. The number of fused-ring (bicyclic) bond motifs is 1. The van der Waals surface area contributed by atoms with E-state index in [2.05, 4.69) is 16.4 Å². The Hall–Kier alpha value is -2.66. The van der Waals surface area contributed by atoms with Crippen molar-refractivity contribution in [1.82, 2.24) is 15.1 Å². The molecule has 1 aliphatic rings. The molecule has 0 saturated carbocycles. The molecule has 23 heavy (non-hydrogen) atoms. The lowest BCUT2D eigenvalue weighted by atomic mass is 9.95. The van der Waals surface area contributed by atoms with Crippen molar-refractivity contribution in [2.24, 2.45) is 0 Å². The number of nitrogens with two attached hydrogens (primary N) is 1. The molecule has 0 aliphatic carbocycles. The Morgan fingerprint density at radius 3 is 2.39 bits per heavy atom. The van der Waals surface area contributed by atoms with Crippen LogP contribution in [0.3, 0.4) is 0 Å². The van der Waals surface area contributed by atoms with Crippen molar-refractivity contribution < 1.29 is 9.47 Å². The first-order chi connectivity index (χ1) is 11.0. The number of nitriles is 1. The fourth-order valence-electron chi connectivity index (χ4n) is 2.95. The van der Waals surface area contributed by atoms with Gasteiger partial charge in [-0.1, -0.05) is 0 Å². The number of H-pyrrole nitrogens is 1. The first kappa shape index (κ1) is 15.2. The van der Waals surface area contributed by atoms with E-state index in [4.69, 9.17) is 15.2 Å². The second-order valence-corrected chi connectivity index (χ2v) is 6.26. The van der Waals surface area contributed by atoms with Crippen molar-refractivity contribution in [3.63, 3.8) is 0 Å². The minimum absolute atomic E-state index is 0.209. The number of rotatable bonds is 3. The van der Waals surface area contributed by atoms with Crippen molar-refractivity contribution in [1.29, 1.82) is 5.26 Å². The number of nitrogens with zero attached hydrogens (tertiary/aromatic N) is 3. The van der Waals surface area contributed by atoms with Crippen LogP contribution in [0.4, 0.5) is 5.82 Å². The molecule has 0 fully saturated rings. The lowest BCUT2D eigenvalue weighted by molar-refractivity contribution is 0.194. The molecule has 3 rings (SSSR count). The molecule has 1 aliphatic heterocycles. The van der Waals surface area contributed by atoms with Crippen LogP contribution in [0.25, 0.3) is 10.2 Å². The highest BCUT2D eigenvalue weighted by Gasteiger charge is 2.36. The summed E-state index contributed by atoms with van der Waals surface area (Å²) < 4.78 is 12.1. The molecule has 3 heterocycles. The lowest BCUT2D eigenvalue weighted by Crippen LogP contribution is -2.27. The first-order valence-electron chi connectivity index (χ1n) is 6.96. The zero-order chi connectivity index (χ0) is 16.7. The summed E-state index contributed by atoms with van der Waals surface area (Å²) in [5, 5.41) is 16.3. The summed E-state index contributed by atoms with van der Waals surface area (Å²) in [6, 6.07) is 1.99. The van der Waals surface area contributed by atoms with Gasteiger partial charge in [-0.15, -0.1) is 11.3 Å². The maximum atomic E-state index is 9.40. The molecule has 0 unspecified atom stereocenters. The van der Waals surface area contributed by atoms with Gasteiger partial charge in [0.2, 0.25) is 0 Å².